The Morgan fingerprint density at radius 3 is 2.41 bits per heavy atom. The molecule has 0 unspecified atom stereocenters. The Hall–Kier alpha value is -2.19. The molecule has 0 radical (unpaired) electrons. The molecule has 0 aromatic heterocycles. The first-order valence-electron chi connectivity index (χ1n) is 7.47. The first-order chi connectivity index (χ1) is 10.9. The largest absolute Gasteiger partial charge is 0.354 e. The van der Waals surface area contributed by atoms with Crippen LogP contribution in [-0.2, 0) is 6.42 Å². The highest BCUT2D eigenvalue weighted by molar-refractivity contribution is 7.98. The van der Waals surface area contributed by atoms with E-state index in [2.05, 4.69) is 72.2 Å². The third-order valence-electron chi connectivity index (χ3n) is 4.21. The lowest BCUT2D eigenvalue weighted by Crippen LogP contribution is -1.97. The van der Waals surface area contributed by atoms with Crippen molar-refractivity contribution in [1.29, 1.82) is 0 Å². The van der Waals surface area contributed by atoms with Crippen LogP contribution in [0.15, 0.2) is 71.6 Å². The van der Waals surface area contributed by atoms with Gasteiger partial charge in [0.25, 0.3) is 0 Å². The van der Waals surface area contributed by atoms with Crippen LogP contribution < -0.4 is 5.32 Å². The molecule has 0 spiro atoms. The molecule has 108 valence electrons. The van der Waals surface area contributed by atoms with E-state index in [9.17, 15) is 0 Å². The quantitative estimate of drug-likeness (QED) is 0.485. The topological polar surface area (TPSA) is 12.0 Å². The summed E-state index contributed by atoms with van der Waals surface area (Å²) in [7, 11) is 0. The van der Waals surface area contributed by atoms with Crippen molar-refractivity contribution in [2.24, 2.45) is 0 Å². The molecule has 0 atom stereocenters. The molecule has 1 aliphatic carbocycles. The van der Waals surface area contributed by atoms with Gasteiger partial charge in [-0.15, -0.1) is 11.8 Å². The van der Waals surface area contributed by atoms with Crippen molar-refractivity contribution in [3.8, 4) is 11.1 Å². The van der Waals surface area contributed by atoms with Crippen LogP contribution in [0.4, 0.5) is 11.4 Å². The van der Waals surface area contributed by atoms with Crippen LogP contribution in [0.1, 0.15) is 11.1 Å². The summed E-state index contributed by atoms with van der Waals surface area (Å²) in [5, 5.41) is 3.64. The molecule has 3 aromatic rings. The van der Waals surface area contributed by atoms with Crippen molar-refractivity contribution in [2.75, 3.05) is 11.6 Å². The van der Waals surface area contributed by atoms with E-state index in [4.69, 9.17) is 0 Å². The monoisotopic (exact) mass is 303 g/mol. The van der Waals surface area contributed by atoms with Gasteiger partial charge in [-0.05, 0) is 46.7 Å². The van der Waals surface area contributed by atoms with E-state index < -0.39 is 0 Å². The van der Waals surface area contributed by atoms with Crippen molar-refractivity contribution in [3.05, 3.63) is 77.9 Å². The summed E-state index contributed by atoms with van der Waals surface area (Å²) in [4.78, 5) is 1.30. The Kier molecular flexibility index (Phi) is 3.39. The van der Waals surface area contributed by atoms with E-state index in [1.807, 2.05) is 6.07 Å². The molecule has 0 aliphatic heterocycles. The minimum Gasteiger partial charge on any atom is -0.354 e. The minimum atomic E-state index is 1.01. The standard InChI is InChI=1S/C20H17NS/c1-22-19-12-11-17-16-10-6-5-7-14(16)13-18(17)20(19)21-15-8-3-2-4-9-15/h2-12,21H,13H2,1H3. The molecule has 22 heavy (non-hydrogen) atoms. The molecule has 1 N–H and O–H groups in total. The third kappa shape index (κ3) is 2.20. The highest BCUT2D eigenvalue weighted by atomic mass is 32.2. The number of fused-ring (bicyclic) bond motifs is 3. The molecule has 1 nitrogen and oxygen atoms in total. The highest BCUT2D eigenvalue weighted by Gasteiger charge is 2.22. The fraction of sp³-hybridized carbons (Fsp3) is 0.100. The predicted molar refractivity (Wildman–Crippen MR) is 96.2 cm³/mol. The van der Waals surface area contributed by atoms with E-state index in [1.165, 1.54) is 32.8 Å². The second-order valence-corrected chi connectivity index (χ2v) is 6.34. The molecular weight excluding hydrogens is 286 g/mol. The number of hydrogen-bond acceptors (Lipinski definition) is 2. The normalized spacial score (nSPS) is 11.9. The molecule has 0 fully saturated rings. The van der Waals surface area contributed by atoms with Gasteiger partial charge in [0.2, 0.25) is 0 Å². The maximum absolute atomic E-state index is 3.64. The molecule has 0 amide bonds. The van der Waals surface area contributed by atoms with Gasteiger partial charge in [-0.1, -0.05) is 48.5 Å². The van der Waals surface area contributed by atoms with Crippen molar-refractivity contribution >= 4 is 23.1 Å². The van der Waals surface area contributed by atoms with E-state index in [0.717, 1.165) is 12.1 Å². The fourth-order valence-electron chi connectivity index (χ4n) is 3.16. The average Bonchev–Trinajstić information content (AvgIpc) is 2.95. The van der Waals surface area contributed by atoms with Gasteiger partial charge in [0.05, 0.1) is 5.69 Å². The number of benzene rings is 3. The molecule has 0 heterocycles. The zero-order valence-corrected chi connectivity index (χ0v) is 13.3. The van der Waals surface area contributed by atoms with Crippen molar-refractivity contribution in [3.63, 3.8) is 0 Å². The Balaban J connectivity index is 1.84. The van der Waals surface area contributed by atoms with E-state index in [0.29, 0.717) is 0 Å². The van der Waals surface area contributed by atoms with Crippen molar-refractivity contribution in [1.82, 2.24) is 0 Å². The smallest absolute Gasteiger partial charge is 0.0564 e. The molecule has 1 aliphatic rings. The highest BCUT2D eigenvalue weighted by Crippen LogP contribution is 2.44. The fourth-order valence-corrected chi connectivity index (χ4v) is 3.75. The Morgan fingerprint density at radius 1 is 0.818 bits per heavy atom. The summed E-state index contributed by atoms with van der Waals surface area (Å²) in [6.45, 7) is 0. The number of thioether (sulfide) groups is 1. The van der Waals surface area contributed by atoms with Gasteiger partial charge in [0.1, 0.15) is 0 Å². The van der Waals surface area contributed by atoms with Crippen LogP contribution in [0.2, 0.25) is 0 Å². The summed E-state index contributed by atoms with van der Waals surface area (Å²) in [6, 6.07) is 23.6. The van der Waals surface area contributed by atoms with Crippen LogP contribution in [0.5, 0.6) is 0 Å². The lowest BCUT2D eigenvalue weighted by atomic mass is 10.0. The molecule has 3 aromatic carbocycles. The van der Waals surface area contributed by atoms with Gasteiger partial charge in [0.15, 0.2) is 0 Å². The van der Waals surface area contributed by atoms with Crippen LogP contribution in [0.3, 0.4) is 0 Å². The first kappa shape index (κ1) is 13.5. The zero-order chi connectivity index (χ0) is 14.9. The van der Waals surface area contributed by atoms with E-state index >= 15 is 0 Å². The summed E-state index contributed by atoms with van der Waals surface area (Å²) in [5.41, 5.74) is 7.98. The van der Waals surface area contributed by atoms with Crippen LogP contribution in [0.25, 0.3) is 11.1 Å². The number of anilines is 2. The van der Waals surface area contributed by atoms with Crippen molar-refractivity contribution in [2.45, 2.75) is 11.3 Å². The van der Waals surface area contributed by atoms with Gasteiger partial charge >= 0.3 is 0 Å². The summed E-state index contributed by atoms with van der Waals surface area (Å²) >= 11 is 1.80. The molecule has 0 bridgehead atoms. The number of hydrogen-bond donors (Lipinski definition) is 1. The van der Waals surface area contributed by atoms with E-state index in [1.54, 1.807) is 11.8 Å². The second-order valence-electron chi connectivity index (χ2n) is 5.49. The number of nitrogens with one attached hydrogen (secondary N) is 1. The maximum atomic E-state index is 3.64. The number of para-hydroxylation sites is 1. The van der Waals surface area contributed by atoms with Crippen molar-refractivity contribution < 1.29 is 0 Å². The van der Waals surface area contributed by atoms with Crippen LogP contribution in [-0.4, -0.2) is 6.26 Å². The minimum absolute atomic E-state index is 1.01. The van der Waals surface area contributed by atoms with Gasteiger partial charge in [-0.25, -0.2) is 0 Å². The van der Waals surface area contributed by atoms with E-state index in [-0.39, 0.29) is 0 Å². The lowest BCUT2D eigenvalue weighted by Gasteiger charge is -2.15. The summed E-state index contributed by atoms with van der Waals surface area (Å²) < 4.78 is 0. The van der Waals surface area contributed by atoms with Gasteiger partial charge in [-0.3, -0.25) is 0 Å². The molecule has 0 saturated heterocycles. The maximum Gasteiger partial charge on any atom is 0.0564 e. The summed E-state index contributed by atoms with van der Waals surface area (Å²) in [5.74, 6) is 0. The Labute approximate surface area is 135 Å². The Morgan fingerprint density at radius 2 is 1.59 bits per heavy atom. The number of rotatable bonds is 3. The Bertz CT molecular complexity index is 824. The van der Waals surface area contributed by atoms with Crippen LogP contribution in [0, 0.1) is 0 Å². The van der Waals surface area contributed by atoms with Gasteiger partial charge in [0, 0.05) is 17.0 Å². The zero-order valence-electron chi connectivity index (χ0n) is 12.5. The van der Waals surface area contributed by atoms with Gasteiger partial charge < -0.3 is 5.32 Å². The first-order valence-corrected chi connectivity index (χ1v) is 8.69. The molecule has 2 heteroatoms. The predicted octanol–water partition coefficient (Wildman–Crippen LogP) is 5.72. The molecular formula is C20H17NS. The summed E-state index contributed by atoms with van der Waals surface area (Å²) in [6.07, 6.45) is 3.15. The van der Waals surface area contributed by atoms with Crippen LogP contribution >= 0.6 is 11.8 Å². The third-order valence-corrected chi connectivity index (χ3v) is 4.99. The molecule has 0 saturated carbocycles. The van der Waals surface area contributed by atoms with Gasteiger partial charge in [-0.2, -0.15) is 0 Å². The second kappa shape index (κ2) is 5.54. The lowest BCUT2D eigenvalue weighted by molar-refractivity contribution is 1.23. The SMILES string of the molecule is CSc1ccc2c(c1Nc1ccccc1)Cc1ccccc1-2. The molecule has 4 rings (SSSR count). The average molecular weight is 303 g/mol.